The summed E-state index contributed by atoms with van der Waals surface area (Å²) in [6.07, 6.45) is 1.50. The van der Waals surface area contributed by atoms with Gasteiger partial charge in [0.15, 0.2) is 5.78 Å². The summed E-state index contributed by atoms with van der Waals surface area (Å²) in [6.45, 7) is 2.24. The normalized spacial score (nSPS) is 12.0. The van der Waals surface area contributed by atoms with Crippen molar-refractivity contribution in [2.45, 2.75) is 18.4 Å². The molecule has 0 atom stereocenters. The average Bonchev–Trinajstić information content (AvgIpc) is 2.53. The molecule has 0 bridgehead atoms. The summed E-state index contributed by atoms with van der Waals surface area (Å²) in [5.41, 5.74) is 2.12. The van der Waals surface area contributed by atoms with E-state index < -0.39 is 10.0 Å². The van der Waals surface area contributed by atoms with E-state index in [-0.39, 0.29) is 10.7 Å². The van der Waals surface area contributed by atoms with Crippen LogP contribution in [-0.2, 0) is 16.6 Å². The number of primary sulfonamides is 1. The van der Waals surface area contributed by atoms with E-state index in [9.17, 15) is 13.2 Å². The number of nitrogens with two attached hydrogens (primary N) is 1. The molecule has 0 aromatic heterocycles. The highest BCUT2D eigenvalue weighted by atomic mass is 35.5. The van der Waals surface area contributed by atoms with Gasteiger partial charge in [-0.25, -0.2) is 13.6 Å². The Morgan fingerprint density at radius 3 is 2.25 bits per heavy atom. The number of rotatable bonds is 6. The zero-order chi connectivity index (χ0) is 17.7. The van der Waals surface area contributed by atoms with Gasteiger partial charge in [-0.1, -0.05) is 23.7 Å². The Morgan fingerprint density at radius 1 is 1.12 bits per heavy atom. The Labute approximate surface area is 146 Å². The highest BCUT2D eigenvalue weighted by molar-refractivity contribution is 7.89. The van der Waals surface area contributed by atoms with Gasteiger partial charge in [0.05, 0.1) is 4.90 Å². The second kappa shape index (κ2) is 7.61. The largest absolute Gasteiger partial charge is 0.384 e. The molecule has 0 aliphatic heterocycles. The molecule has 0 radical (unpaired) electrons. The molecule has 0 saturated heterocycles. The molecule has 5 nitrogen and oxygen atoms in total. The molecule has 0 aliphatic rings. The predicted molar refractivity (Wildman–Crippen MR) is 94.2 cm³/mol. The first-order chi connectivity index (χ1) is 11.3. The molecule has 0 amide bonds. The lowest BCUT2D eigenvalue weighted by Gasteiger charge is -2.07. The Bertz CT molecular complexity index is 858. The molecule has 0 aliphatic carbocycles. The van der Waals surface area contributed by atoms with E-state index in [0.717, 1.165) is 5.56 Å². The molecule has 2 aromatic rings. The van der Waals surface area contributed by atoms with Gasteiger partial charge in [0.1, 0.15) is 0 Å². The van der Waals surface area contributed by atoms with Crippen LogP contribution in [0.2, 0.25) is 5.02 Å². The van der Waals surface area contributed by atoms with Crippen LogP contribution in [0.3, 0.4) is 0 Å². The average molecular weight is 365 g/mol. The van der Waals surface area contributed by atoms with E-state index in [4.69, 9.17) is 16.7 Å². The Morgan fingerprint density at radius 2 is 1.71 bits per heavy atom. The van der Waals surface area contributed by atoms with E-state index in [0.29, 0.717) is 22.8 Å². The first kappa shape index (κ1) is 18.2. The molecule has 3 N–H and O–H groups in total. The van der Waals surface area contributed by atoms with Gasteiger partial charge in [-0.2, -0.15) is 0 Å². The van der Waals surface area contributed by atoms with E-state index in [1.807, 2.05) is 0 Å². The van der Waals surface area contributed by atoms with Gasteiger partial charge in [-0.15, -0.1) is 0 Å². The number of nitrogens with one attached hydrogen (secondary N) is 1. The van der Waals surface area contributed by atoms with Crippen LogP contribution in [0.25, 0.3) is 0 Å². The van der Waals surface area contributed by atoms with E-state index in [1.54, 1.807) is 43.3 Å². The molecule has 0 spiro atoms. The van der Waals surface area contributed by atoms with Gasteiger partial charge in [-0.05, 0) is 48.9 Å². The lowest BCUT2D eigenvalue weighted by Crippen LogP contribution is -2.14. The molecule has 0 unspecified atom stereocenters. The first-order valence-electron chi connectivity index (χ1n) is 7.09. The zero-order valence-electron chi connectivity index (χ0n) is 13.0. The third-order valence-electron chi connectivity index (χ3n) is 3.30. The minimum absolute atomic E-state index is 0.0661. The molecule has 24 heavy (non-hydrogen) atoms. The van der Waals surface area contributed by atoms with Gasteiger partial charge < -0.3 is 5.32 Å². The van der Waals surface area contributed by atoms with Crippen molar-refractivity contribution in [3.63, 3.8) is 0 Å². The fourth-order valence-electron chi connectivity index (χ4n) is 1.98. The van der Waals surface area contributed by atoms with Crippen LogP contribution in [0.4, 0.5) is 0 Å². The maximum Gasteiger partial charge on any atom is 0.238 e. The molecule has 0 saturated carbocycles. The lowest BCUT2D eigenvalue weighted by atomic mass is 10.1. The van der Waals surface area contributed by atoms with Crippen LogP contribution in [-0.4, -0.2) is 14.2 Å². The van der Waals surface area contributed by atoms with Crippen LogP contribution in [0.15, 0.2) is 65.2 Å². The SMILES string of the molecule is C/C(=C/C(=O)c1ccc(Cl)cc1)NCc1ccc(S(N)(=O)=O)cc1. The highest BCUT2D eigenvalue weighted by Crippen LogP contribution is 2.11. The number of carbonyl (C=O) groups excluding carboxylic acids is 1. The van der Waals surface area contributed by atoms with Crippen molar-refractivity contribution in [1.29, 1.82) is 0 Å². The lowest BCUT2D eigenvalue weighted by molar-refractivity contribution is 0.104. The summed E-state index contributed by atoms with van der Waals surface area (Å²) < 4.78 is 22.4. The van der Waals surface area contributed by atoms with Crippen LogP contribution in [0.1, 0.15) is 22.8 Å². The van der Waals surface area contributed by atoms with Crippen LogP contribution in [0, 0.1) is 0 Å². The molecule has 0 fully saturated rings. The number of allylic oxidation sites excluding steroid dienone is 2. The van der Waals surface area contributed by atoms with Gasteiger partial charge in [-0.3, -0.25) is 4.79 Å². The maximum atomic E-state index is 12.1. The summed E-state index contributed by atoms with van der Waals surface area (Å²) >= 11 is 5.79. The minimum atomic E-state index is -3.69. The third-order valence-corrected chi connectivity index (χ3v) is 4.48. The molecule has 2 rings (SSSR count). The van der Waals surface area contributed by atoms with Crippen molar-refractivity contribution in [2.75, 3.05) is 0 Å². The summed E-state index contributed by atoms with van der Waals surface area (Å²) in [7, 11) is -3.69. The summed E-state index contributed by atoms with van der Waals surface area (Å²) in [5, 5.41) is 8.73. The van der Waals surface area contributed by atoms with Crippen molar-refractivity contribution < 1.29 is 13.2 Å². The maximum absolute atomic E-state index is 12.1. The molecule has 2 aromatic carbocycles. The van der Waals surface area contributed by atoms with Gasteiger partial charge >= 0.3 is 0 Å². The van der Waals surface area contributed by atoms with Crippen molar-refractivity contribution in [3.05, 3.63) is 76.5 Å². The summed E-state index contributed by atoms with van der Waals surface area (Å²) in [6, 6.07) is 12.9. The standard InChI is InChI=1S/C17H17ClN2O3S/c1-12(10-17(21)14-4-6-15(18)7-5-14)20-11-13-2-8-16(9-3-13)24(19,22)23/h2-10,20H,11H2,1H3,(H2,19,22,23)/b12-10-. The second-order valence-corrected chi connectivity index (χ2v) is 7.24. The zero-order valence-corrected chi connectivity index (χ0v) is 14.6. The number of sulfonamides is 1. The summed E-state index contributed by atoms with van der Waals surface area (Å²) in [4.78, 5) is 12.2. The molecule has 0 heterocycles. The summed E-state index contributed by atoms with van der Waals surface area (Å²) in [5.74, 6) is -0.124. The number of benzene rings is 2. The van der Waals surface area contributed by atoms with E-state index in [1.165, 1.54) is 18.2 Å². The van der Waals surface area contributed by atoms with Crippen molar-refractivity contribution in [3.8, 4) is 0 Å². The quantitative estimate of drug-likeness (QED) is 0.609. The molecular formula is C17H17ClN2O3S. The molecule has 7 heteroatoms. The third kappa shape index (κ3) is 5.19. The Kier molecular flexibility index (Phi) is 5.77. The van der Waals surface area contributed by atoms with E-state index >= 15 is 0 Å². The fourth-order valence-corrected chi connectivity index (χ4v) is 2.63. The van der Waals surface area contributed by atoms with Crippen LogP contribution < -0.4 is 10.5 Å². The van der Waals surface area contributed by atoms with Crippen LogP contribution >= 0.6 is 11.6 Å². The van der Waals surface area contributed by atoms with Gasteiger partial charge in [0.2, 0.25) is 10.0 Å². The minimum Gasteiger partial charge on any atom is -0.384 e. The topological polar surface area (TPSA) is 89.3 Å². The number of carbonyl (C=O) groups is 1. The Balaban J connectivity index is 1.98. The van der Waals surface area contributed by atoms with E-state index in [2.05, 4.69) is 5.32 Å². The fraction of sp³-hybridized carbons (Fsp3) is 0.118. The monoisotopic (exact) mass is 364 g/mol. The van der Waals surface area contributed by atoms with Gasteiger partial charge in [0.25, 0.3) is 0 Å². The van der Waals surface area contributed by atoms with Gasteiger partial charge in [0, 0.05) is 28.9 Å². The number of hydrogen-bond donors (Lipinski definition) is 2. The predicted octanol–water partition coefficient (Wildman–Crippen LogP) is 2.86. The Hall–Kier alpha value is -2.15. The molecular weight excluding hydrogens is 348 g/mol. The molecule has 126 valence electrons. The van der Waals surface area contributed by atoms with Crippen molar-refractivity contribution >= 4 is 27.4 Å². The number of hydrogen-bond acceptors (Lipinski definition) is 4. The highest BCUT2D eigenvalue weighted by Gasteiger charge is 2.07. The first-order valence-corrected chi connectivity index (χ1v) is 9.02. The second-order valence-electron chi connectivity index (χ2n) is 5.24. The number of halogens is 1. The number of ketones is 1. The smallest absolute Gasteiger partial charge is 0.238 e. The van der Waals surface area contributed by atoms with Crippen molar-refractivity contribution in [2.24, 2.45) is 5.14 Å². The van der Waals surface area contributed by atoms with Crippen molar-refractivity contribution in [1.82, 2.24) is 5.32 Å². The van der Waals surface area contributed by atoms with Crippen LogP contribution in [0.5, 0.6) is 0 Å².